The molecule has 1 aliphatic rings. The number of carbonyl (C=O) groups is 1. The zero-order valence-corrected chi connectivity index (χ0v) is 16.7. The molecule has 0 radical (unpaired) electrons. The van der Waals surface area contributed by atoms with Crippen molar-refractivity contribution in [3.63, 3.8) is 0 Å². The molecule has 6 nitrogen and oxygen atoms in total. The van der Waals surface area contributed by atoms with E-state index in [0.29, 0.717) is 24.3 Å². The number of hydrogen-bond acceptors (Lipinski definition) is 4. The van der Waals surface area contributed by atoms with Crippen LogP contribution in [0.15, 0.2) is 60.0 Å². The van der Waals surface area contributed by atoms with Crippen molar-refractivity contribution in [2.75, 3.05) is 37.4 Å². The molecule has 1 saturated heterocycles. The van der Waals surface area contributed by atoms with Crippen molar-refractivity contribution in [3.8, 4) is 0 Å². The first kappa shape index (κ1) is 20.1. The molecule has 0 bridgehead atoms. The lowest BCUT2D eigenvalue weighted by atomic mass is 10.1. The fourth-order valence-corrected chi connectivity index (χ4v) is 3.93. The van der Waals surface area contributed by atoms with Crippen molar-refractivity contribution >= 4 is 27.7 Å². The van der Waals surface area contributed by atoms with Crippen LogP contribution < -0.4 is 4.72 Å². The van der Waals surface area contributed by atoms with E-state index >= 15 is 0 Å². The van der Waals surface area contributed by atoms with Crippen LogP contribution in [0.25, 0.3) is 6.08 Å². The minimum atomic E-state index is -3.63. The number of hydrogen-bond donors (Lipinski definition) is 1. The molecule has 0 spiro atoms. The predicted molar refractivity (Wildman–Crippen MR) is 112 cm³/mol. The smallest absolute Gasteiger partial charge is 0.255 e. The van der Waals surface area contributed by atoms with Crippen LogP contribution in [0, 0.1) is 0 Å². The average Bonchev–Trinajstić information content (AvgIpc) is 2.73. The number of carbonyl (C=O) groups excluding carboxylic acids is 1. The molecule has 0 saturated carbocycles. The standard InChI is InChI=1S/C21H25N3O3S/c1-2-23-13-15-24(16-14-23)21(25)19-8-10-20(11-9-19)22-28(26,27)17-12-18-6-4-3-5-7-18/h3-12,17,22H,2,13-16H2,1H3/b17-12+. The maximum absolute atomic E-state index is 12.6. The zero-order chi connectivity index (χ0) is 20.0. The van der Waals surface area contributed by atoms with Gasteiger partial charge in [0.2, 0.25) is 0 Å². The summed E-state index contributed by atoms with van der Waals surface area (Å²) < 4.78 is 26.9. The maximum Gasteiger partial charge on any atom is 0.255 e. The van der Waals surface area contributed by atoms with Gasteiger partial charge in [-0.25, -0.2) is 8.42 Å². The topological polar surface area (TPSA) is 69.7 Å². The normalized spacial score (nSPS) is 15.7. The number of amides is 1. The van der Waals surface area contributed by atoms with Crippen molar-refractivity contribution in [1.29, 1.82) is 0 Å². The highest BCUT2D eigenvalue weighted by atomic mass is 32.2. The van der Waals surface area contributed by atoms with Crippen LogP contribution in [0.1, 0.15) is 22.8 Å². The van der Waals surface area contributed by atoms with Crippen LogP contribution in [-0.4, -0.2) is 56.8 Å². The monoisotopic (exact) mass is 399 g/mol. The Morgan fingerprint density at radius 2 is 1.64 bits per heavy atom. The van der Waals surface area contributed by atoms with Gasteiger partial charge in [0, 0.05) is 37.4 Å². The summed E-state index contributed by atoms with van der Waals surface area (Å²) in [6.07, 6.45) is 1.54. The molecule has 1 fully saturated rings. The summed E-state index contributed by atoms with van der Waals surface area (Å²) in [5, 5.41) is 1.13. The fraction of sp³-hybridized carbons (Fsp3) is 0.286. The maximum atomic E-state index is 12.6. The van der Waals surface area contributed by atoms with E-state index in [1.807, 2.05) is 35.2 Å². The Bertz CT molecular complexity index is 917. The van der Waals surface area contributed by atoms with Gasteiger partial charge in [-0.3, -0.25) is 9.52 Å². The number of rotatable bonds is 6. The van der Waals surface area contributed by atoms with Gasteiger partial charge in [0.25, 0.3) is 15.9 Å². The van der Waals surface area contributed by atoms with Gasteiger partial charge in [0.15, 0.2) is 0 Å². The Kier molecular flexibility index (Phi) is 6.49. The van der Waals surface area contributed by atoms with E-state index in [9.17, 15) is 13.2 Å². The van der Waals surface area contributed by atoms with Gasteiger partial charge < -0.3 is 9.80 Å². The van der Waals surface area contributed by atoms with Crippen LogP contribution in [0.4, 0.5) is 5.69 Å². The number of likely N-dealkylation sites (N-methyl/N-ethyl adjacent to an activating group) is 1. The number of nitrogens with zero attached hydrogens (tertiary/aromatic N) is 2. The van der Waals surface area contributed by atoms with E-state index in [-0.39, 0.29) is 5.91 Å². The molecule has 0 unspecified atom stereocenters. The van der Waals surface area contributed by atoms with E-state index in [2.05, 4.69) is 16.5 Å². The number of nitrogens with one attached hydrogen (secondary N) is 1. The van der Waals surface area contributed by atoms with E-state index < -0.39 is 10.0 Å². The third kappa shape index (κ3) is 5.43. The minimum absolute atomic E-state index is 0.0193. The summed E-state index contributed by atoms with van der Waals surface area (Å²) >= 11 is 0. The Hall–Kier alpha value is -2.64. The lowest BCUT2D eigenvalue weighted by Gasteiger charge is -2.34. The fourth-order valence-electron chi connectivity index (χ4n) is 3.06. The highest BCUT2D eigenvalue weighted by molar-refractivity contribution is 7.95. The van der Waals surface area contributed by atoms with Crippen molar-refractivity contribution in [2.45, 2.75) is 6.92 Å². The molecule has 148 valence electrons. The first-order valence-corrected chi connectivity index (χ1v) is 10.9. The number of benzene rings is 2. The third-order valence-corrected chi connectivity index (χ3v) is 5.75. The molecule has 0 aliphatic carbocycles. The molecule has 1 heterocycles. The highest BCUT2D eigenvalue weighted by Crippen LogP contribution is 2.15. The van der Waals surface area contributed by atoms with Gasteiger partial charge in [-0.15, -0.1) is 0 Å². The second-order valence-electron chi connectivity index (χ2n) is 6.66. The minimum Gasteiger partial charge on any atom is -0.336 e. The molecule has 2 aromatic rings. The number of piperazine rings is 1. The van der Waals surface area contributed by atoms with Crippen molar-refractivity contribution in [3.05, 3.63) is 71.1 Å². The van der Waals surface area contributed by atoms with Gasteiger partial charge in [0.05, 0.1) is 5.41 Å². The first-order chi connectivity index (χ1) is 13.5. The summed E-state index contributed by atoms with van der Waals surface area (Å²) in [5.41, 5.74) is 1.79. The molecule has 0 atom stereocenters. The van der Waals surface area contributed by atoms with Crippen LogP contribution >= 0.6 is 0 Å². The molecule has 2 aromatic carbocycles. The molecular weight excluding hydrogens is 374 g/mol. The first-order valence-electron chi connectivity index (χ1n) is 9.34. The van der Waals surface area contributed by atoms with Crippen LogP contribution in [0.2, 0.25) is 0 Å². The Morgan fingerprint density at radius 3 is 2.25 bits per heavy atom. The van der Waals surface area contributed by atoms with Gasteiger partial charge in [-0.1, -0.05) is 37.3 Å². The summed E-state index contributed by atoms with van der Waals surface area (Å²) in [6, 6.07) is 15.8. The number of anilines is 1. The molecule has 1 N–H and O–H groups in total. The molecular formula is C21H25N3O3S. The van der Waals surface area contributed by atoms with Gasteiger partial charge >= 0.3 is 0 Å². The lowest BCUT2D eigenvalue weighted by molar-refractivity contribution is 0.0643. The molecule has 7 heteroatoms. The highest BCUT2D eigenvalue weighted by Gasteiger charge is 2.21. The summed E-state index contributed by atoms with van der Waals surface area (Å²) in [7, 11) is -3.63. The molecule has 1 amide bonds. The van der Waals surface area contributed by atoms with Gasteiger partial charge in [-0.2, -0.15) is 0 Å². The number of sulfonamides is 1. The van der Waals surface area contributed by atoms with Crippen LogP contribution in [0.5, 0.6) is 0 Å². The Labute approximate surface area is 166 Å². The molecule has 3 rings (SSSR count). The van der Waals surface area contributed by atoms with Crippen LogP contribution in [-0.2, 0) is 10.0 Å². The molecule has 1 aliphatic heterocycles. The summed E-state index contributed by atoms with van der Waals surface area (Å²) in [5.74, 6) is -0.0193. The molecule has 0 aromatic heterocycles. The summed E-state index contributed by atoms with van der Waals surface area (Å²) in [4.78, 5) is 16.8. The van der Waals surface area contributed by atoms with E-state index in [1.165, 1.54) is 6.08 Å². The van der Waals surface area contributed by atoms with Crippen molar-refractivity contribution in [1.82, 2.24) is 9.80 Å². The van der Waals surface area contributed by atoms with Crippen LogP contribution in [0.3, 0.4) is 0 Å². The largest absolute Gasteiger partial charge is 0.336 e. The molecule has 28 heavy (non-hydrogen) atoms. The zero-order valence-electron chi connectivity index (χ0n) is 15.9. The van der Waals surface area contributed by atoms with Gasteiger partial charge in [0.1, 0.15) is 0 Å². The lowest BCUT2D eigenvalue weighted by Crippen LogP contribution is -2.48. The third-order valence-electron chi connectivity index (χ3n) is 4.74. The second kappa shape index (κ2) is 9.03. The second-order valence-corrected chi connectivity index (χ2v) is 8.23. The SMILES string of the molecule is CCN1CCN(C(=O)c2ccc(NS(=O)(=O)/C=C/c3ccccc3)cc2)CC1. The van der Waals surface area contributed by atoms with E-state index in [4.69, 9.17) is 0 Å². The average molecular weight is 400 g/mol. The van der Waals surface area contributed by atoms with E-state index in [1.54, 1.807) is 24.3 Å². The quantitative estimate of drug-likeness (QED) is 0.811. The predicted octanol–water partition coefficient (Wildman–Crippen LogP) is 2.88. The van der Waals surface area contributed by atoms with E-state index in [0.717, 1.165) is 30.6 Å². The Morgan fingerprint density at radius 1 is 1.00 bits per heavy atom. The Balaban J connectivity index is 1.61. The van der Waals surface area contributed by atoms with Crippen molar-refractivity contribution < 1.29 is 13.2 Å². The van der Waals surface area contributed by atoms with Crippen molar-refractivity contribution in [2.24, 2.45) is 0 Å². The summed E-state index contributed by atoms with van der Waals surface area (Å²) in [6.45, 7) is 6.31. The van der Waals surface area contributed by atoms with Gasteiger partial charge in [-0.05, 0) is 42.4 Å².